The normalized spacial score (nSPS) is 14.7. The molecule has 0 fully saturated rings. The van der Waals surface area contributed by atoms with Crippen molar-refractivity contribution in [3.63, 3.8) is 0 Å². The van der Waals surface area contributed by atoms with Crippen LogP contribution in [-0.4, -0.2) is 55.1 Å². The maximum Gasteiger partial charge on any atom is 0.424 e. The van der Waals surface area contributed by atoms with Gasteiger partial charge in [-0.25, -0.2) is 0 Å². The molecule has 8 nitrogen and oxygen atoms in total. The SMILES string of the molecule is CCC/C=C(\N)C(O)(CNC(=O)c1ccc(OCC(C)OC(=O)CC)c(OC)c1)C(F)(F)F. The summed E-state index contributed by atoms with van der Waals surface area (Å²) in [5, 5.41) is 12.2. The Morgan fingerprint density at radius 3 is 2.45 bits per heavy atom. The number of nitrogens with one attached hydrogen (secondary N) is 1. The fraction of sp³-hybridized carbons (Fsp3) is 0.545. The van der Waals surface area contributed by atoms with Crippen molar-refractivity contribution in [3.05, 3.63) is 35.5 Å². The molecule has 0 bridgehead atoms. The van der Waals surface area contributed by atoms with Crippen LogP contribution in [0.25, 0.3) is 0 Å². The molecule has 0 aliphatic carbocycles. The lowest BCUT2D eigenvalue weighted by molar-refractivity contribution is -0.241. The zero-order chi connectivity index (χ0) is 25.2. The van der Waals surface area contributed by atoms with Gasteiger partial charge in [0.1, 0.15) is 12.7 Å². The number of aliphatic hydroxyl groups is 1. The van der Waals surface area contributed by atoms with Gasteiger partial charge in [-0.2, -0.15) is 13.2 Å². The number of ether oxygens (including phenoxy) is 3. The summed E-state index contributed by atoms with van der Waals surface area (Å²) in [7, 11) is 1.33. The van der Waals surface area contributed by atoms with Crippen molar-refractivity contribution in [1.29, 1.82) is 0 Å². The zero-order valence-corrected chi connectivity index (χ0v) is 19.1. The van der Waals surface area contributed by atoms with Gasteiger partial charge in [-0.3, -0.25) is 9.59 Å². The van der Waals surface area contributed by atoms with Gasteiger partial charge in [-0.05, 0) is 31.5 Å². The molecule has 2 atom stereocenters. The quantitative estimate of drug-likeness (QED) is 0.397. The van der Waals surface area contributed by atoms with Gasteiger partial charge in [-0.15, -0.1) is 0 Å². The molecule has 0 saturated heterocycles. The van der Waals surface area contributed by atoms with E-state index in [-0.39, 0.29) is 42.5 Å². The summed E-state index contributed by atoms with van der Waals surface area (Å²) in [5.41, 5.74) is 1.27. The van der Waals surface area contributed by atoms with E-state index in [1.165, 1.54) is 25.3 Å². The highest BCUT2D eigenvalue weighted by Crippen LogP contribution is 2.34. The molecule has 186 valence electrons. The number of benzene rings is 1. The van der Waals surface area contributed by atoms with Crippen molar-refractivity contribution in [2.24, 2.45) is 5.73 Å². The van der Waals surface area contributed by atoms with E-state index in [9.17, 15) is 27.9 Å². The van der Waals surface area contributed by atoms with Gasteiger partial charge in [-0.1, -0.05) is 26.3 Å². The Morgan fingerprint density at radius 1 is 1.24 bits per heavy atom. The van der Waals surface area contributed by atoms with Crippen LogP contribution in [0, 0.1) is 0 Å². The number of methoxy groups -OCH3 is 1. The Bertz CT molecular complexity index is 844. The molecule has 1 aromatic rings. The number of unbranched alkanes of at least 4 members (excludes halogenated alkanes) is 1. The molecule has 0 aliphatic rings. The van der Waals surface area contributed by atoms with Crippen LogP contribution in [0.4, 0.5) is 13.2 Å². The van der Waals surface area contributed by atoms with Gasteiger partial charge < -0.3 is 30.4 Å². The van der Waals surface area contributed by atoms with Crippen LogP contribution < -0.4 is 20.5 Å². The third-order valence-corrected chi connectivity index (χ3v) is 4.62. The molecule has 1 aromatic carbocycles. The van der Waals surface area contributed by atoms with Crippen LogP contribution in [-0.2, 0) is 9.53 Å². The van der Waals surface area contributed by atoms with E-state index < -0.39 is 36.0 Å². The minimum Gasteiger partial charge on any atom is -0.493 e. The molecule has 1 rings (SSSR count). The molecule has 4 N–H and O–H groups in total. The van der Waals surface area contributed by atoms with Crippen LogP contribution in [0.1, 0.15) is 50.4 Å². The number of hydrogen-bond acceptors (Lipinski definition) is 7. The predicted molar refractivity (Wildman–Crippen MR) is 115 cm³/mol. The van der Waals surface area contributed by atoms with E-state index in [2.05, 4.69) is 5.32 Å². The van der Waals surface area contributed by atoms with E-state index in [0.29, 0.717) is 6.42 Å². The monoisotopic (exact) mass is 476 g/mol. The molecule has 11 heteroatoms. The second kappa shape index (κ2) is 12.3. The second-order valence-corrected chi connectivity index (χ2v) is 7.32. The molecule has 0 aromatic heterocycles. The summed E-state index contributed by atoms with van der Waals surface area (Å²) in [6, 6.07) is 3.99. The zero-order valence-electron chi connectivity index (χ0n) is 19.1. The lowest BCUT2D eigenvalue weighted by Crippen LogP contribution is -2.56. The number of carbonyl (C=O) groups is 2. The number of esters is 1. The minimum atomic E-state index is -5.10. The highest BCUT2D eigenvalue weighted by molar-refractivity contribution is 5.95. The number of carbonyl (C=O) groups excluding carboxylic acids is 2. The van der Waals surface area contributed by atoms with E-state index in [0.717, 1.165) is 6.08 Å². The number of halogens is 3. The predicted octanol–water partition coefficient (Wildman–Crippen LogP) is 3.08. The topological polar surface area (TPSA) is 120 Å². The Morgan fingerprint density at radius 2 is 1.91 bits per heavy atom. The fourth-order valence-electron chi connectivity index (χ4n) is 2.62. The van der Waals surface area contributed by atoms with Crippen molar-refractivity contribution >= 4 is 11.9 Å². The van der Waals surface area contributed by atoms with Crippen molar-refractivity contribution < 1.29 is 42.1 Å². The van der Waals surface area contributed by atoms with Gasteiger partial charge in [0.2, 0.25) is 5.60 Å². The van der Waals surface area contributed by atoms with Crippen LogP contribution in [0.2, 0.25) is 0 Å². The standard InChI is InChI=1S/C22H31F3N2O6/c1-5-7-8-18(26)21(30,22(23,24)25)13-27-20(29)15-9-10-16(17(11-15)31-4)32-12-14(3)33-19(28)6-2/h8-11,14,30H,5-7,12-13,26H2,1-4H3,(H,27,29)/b18-8-. The Hall–Kier alpha value is -2.95. The van der Waals surface area contributed by atoms with Crippen molar-refractivity contribution in [3.8, 4) is 11.5 Å². The van der Waals surface area contributed by atoms with Crippen LogP contribution >= 0.6 is 0 Å². The van der Waals surface area contributed by atoms with Crippen LogP contribution in [0.3, 0.4) is 0 Å². The Kier molecular flexibility index (Phi) is 10.5. The number of amides is 1. The average molecular weight is 476 g/mol. The number of alkyl halides is 3. The molecular weight excluding hydrogens is 445 g/mol. The lowest BCUT2D eigenvalue weighted by Gasteiger charge is -2.31. The first-order valence-electron chi connectivity index (χ1n) is 10.4. The molecular formula is C22H31F3N2O6. The fourth-order valence-corrected chi connectivity index (χ4v) is 2.62. The van der Waals surface area contributed by atoms with Crippen molar-refractivity contribution in [1.82, 2.24) is 5.32 Å². The summed E-state index contributed by atoms with van der Waals surface area (Å²) < 4.78 is 56.2. The summed E-state index contributed by atoms with van der Waals surface area (Å²) in [4.78, 5) is 23.8. The molecule has 2 unspecified atom stereocenters. The summed E-state index contributed by atoms with van der Waals surface area (Å²) >= 11 is 0. The van der Waals surface area contributed by atoms with Gasteiger partial charge in [0.05, 0.1) is 13.7 Å². The van der Waals surface area contributed by atoms with Crippen LogP contribution in [0.15, 0.2) is 30.0 Å². The minimum absolute atomic E-state index is 0.0229. The number of nitrogens with two attached hydrogens (primary N) is 1. The molecule has 33 heavy (non-hydrogen) atoms. The van der Waals surface area contributed by atoms with E-state index in [1.807, 2.05) is 0 Å². The molecule has 0 spiro atoms. The van der Waals surface area contributed by atoms with Crippen molar-refractivity contribution in [2.45, 2.75) is 57.9 Å². The maximum atomic E-state index is 13.5. The first-order valence-corrected chi connectivity index (χ1v) is 10.4. The summed E-state index contributed by atoms with van der Waals surface area (Å²) in [6.45, 7) is 3.91. The number of hydrogen-bond donors (Lipinski definition) is 3. The smallest absolute Gasteiger partial charge is 0.424 e. The summed E-state index contributed by atoms with van der Waals surface area (Å²) in [5.74, 6) is -0.873. The van der Waals surface area contributed by atoms with Crippen LogP contribution in [0.5, 0.6) is 11.5 Å². The lowest BCUT2D eigenvalue weighted by atomic mass is 9.97. The molecule has 0 saturated carbocycles. The highest BCUT2D eigenvalue weighted by atomic mass is 19.4. The maximum absolute atomic E-state index is 13.5. The molecule has 0 aliphatic heterocycles. The first kappa shape index (κ1) is 28.1. The first-order chi connectivity index (χ1) is 15.4. The molecule has 0 heterocycles. The third-order valence-electron chi connectivity index (χ3n) is 4.62. The molecule has 0 radical (unpaired) electrons. The van der Waals surface area contributed by atoms with E-state index in [1.54, 1.807) is 20.8 Å². The van der Waals surface area contributed by atoms with Gasteiger partial charge in [0.25, 0.3) is 5.91 Å². The largest absolute Gasteiger partial charge is 0.493 e. The van der Waals surface area contributed by atoms with Gasteiger partial charge >= 0.3 is 12.1 Å². The Balaban J connectivity index is 2.92. The third kappa shape index (κ3) is 7.85. The van der Waals surface area contributed by atoms with E-state index >= 15 is 0 Å². The van der Waals surface area contributed by atoms with Gasteiger partial charge in [0.15, 0.2) is 11.5 Å². The average Bonchev–Trinajstić information content (AvgIpc) is 2.78. The molecule has 1 amide bonds. The van der Waals surface area contributed by atoms with Gasteiger partial charge in [0, 0.05) is 17.7 Å². The highest BCUT2D eigenvalue weighted by Gasteiger charge is 2.55. The Labute approximate surface area is 190 Å². The van der Waals surface area contributed by atoms with Crippen molar-refractivity contribution in [2.75, 3.05) is 20.3 Å². The number of allylic oxidation sites excluding steroid dienone is 1. The summed E-state index contributed by atoms with van der Waals surface area (Å²) in [6.07, 6.45) is -3.53. The van der Waals surface area contributed by atoms with E-state index in [4.69, 9.17) is 19.9 Å². The second-order valence-electron chi connectivity index (χ2n) is 7.32. The number of rotatable bonds is 12.